The third-order valence-electron chi connectivity index (χ3n) is 2.64. The smallest absolute Gasteiger partial charge is 0.137 e. The Kier molecular flexibility index (Phi) is 1.29. The van der Waals surface area contributed by atoms with E-state index in [0.717, 1.165) is 11.6 Å². The van der Waals surface area contributed by atoms with Gasteiger partial charge in [-0.3, -0.25) is 0 Å². The fourth-order valence-electron chi connectivity index (χ4n) is 1.76. The van der Waals surface area contributed by atoms with E-state index in [9.17, 15) is 0 Å². The van der Waals surface area contributed by atoms with Crippen LogP contribution in [0, 0.1) is 6.92 Å². The first-order valence-corrected chi connectivity index (χ1v) is 4.78. The van der Waals surface area contributed by atoms with Crippen LogP contribution < -0.4 is 0 Å². The molecule has 1 saturated carbocycles. The average Bonchev–Trinajstić information content (AvgIpc) is 2.87. The van der Waals surface area contributed by atoms with E-state index in [4.69, 9.17) is 0 Å². The molecule has 0 spiro atoms. The van der Waals surface area contributed by atoms with Crippen molar-refractivity contribution in [2.45, 2.75) is 25.7 Å². The van der Waals surface area contributed by atoms with Crippen LogP contribution in [0.5, 0.6) is 0 Å². The molecule has 1 fully saturated rings. The van der Waals surface area contributed by atoms with Gasteiger partial charge in [0.15, 0.2) is 0 Å². The normalized spacial score (nSPS) is 16.7. The Hall–Kier alpha value is -1.31. The van der Waals surface area contributed by atoms with Crippen LogP contribution in [-0.4, -0.2) is 9.97 Å². The number of hydrogen-bond donors (Lipinski definition) is 1. The van der Waals surface area contributed by atoms with Crippen LogP contribution in [0.4, 0.5) is 0 Å². The van der Waals surface area contributed by atoms with Crippen LogP contribution in [0.1, 0.15) is 30.0 Å². The molecule has 2 aromatic heterocycles. The Morgan fingerprint density at radius 1 is 1.38 bits per heavy atom. The highest BCUT2D eigenvalue weighted by molar-refractivity contribution is 5.77. The third-order valence-corrected chi connectivity index (χ3v) is 2.64. The summed E-state index contributed by atoms with van der Waals surface area (Å²) in [7, 11) is 0. The minimum atomic E-state index is 0.787. The molecule has 0 atom stereocenters. The van der Waals surface area contributed by atoms with Crippen molar-refractivity contribution < 1.29 is 0 Å². The molecule has 0 amide bonds. The van der Waals surface area contributed by atoms with E-state index in [1.54, 1.807) is 0 Å². The van der Waals surface area contributed by atoms with Crippen molar-refractivity contribution in [2.24, 2.45) is 0 Å². The molecule has 2 heterocycles. The van der Waals surface area contributed by atoms with Gasteiger partial charge < -0.3 is 4.98 Å². The van der Waals surface area contributed by atoms with E-state index in [2.05, 4.69) is 29.0 Å². The van der Waals surface area contributed by atoms with Crippen molar-refractivity contribution >= 4 is 11.0 Å². The molecule has 2 nitrogen and oxygen atoms in total. The number of hydrogen-bond acceptors (Lipinski definition) is 1. The van der Waals surface area contributed by atoms with Crippen LogP contribution in [0.3, 0.4) is 0 Å². The Balaban J connectivity index is 2.20. The maximum atomic E-state index is 4.36. The first kappa shape index (κ1) is 7.13. The number of pyridine rings is 1. The van der Waals surface area contributed by atoms with Crippen molar-refractivity contribution in [3.05, 3.63) is 29.6 Å². The van der Waals surface area contributed by atoms with E-state index >= 15 is 0 Å². The molecule has 1 aliphatic rings. The molecule has 13 heavy (non-hydrogen) atoms. The summed E-state index contributed by atoms with van der Waals surface area (Å²) in [6.07, 6.45) is 4.59. The van der Waals surface area contributed by atoms with Gasteiger partial charge >= 0.3 is 0 Å². The quantitative estimate of drug-likeness (QED) is 0.704. The fraction of sp³-hybridized carbons (Fsp3) is 0.364. The van der Waals surface area contributed by atoms with Crippen molar-refractivity contribution in [3.63, 3.8) is 0 Å². The second kappa shape index (κ2) is 2.34. The molecule has 1 aliphatic carbocycles. The second-order valence-electron chi connectivity index (χ2n) is 3.95. The Bertz CT molecular complexity index is 452. The Morgan fingerprint density at radius 3 is 3.00 bits per heavy atom. The van der Waals surface area contributed by atoms with Gasteiger partial charge in [0, 0.05) is 17.3 Å². The number of nitrogens with zero attached hydrogens (tertiary/aromatic N) is 1. The highest BCUT2D eigenvalue weighted by Crippen LogP contribution is 2.40. The zero-order valence-corrected chi connectivity index (χ0v) is 7.67. The number of H-pyrrole nitrogens is 1. The van der Waals surface area contributed by atoms with Crippen molar-refractivity contribution in [3.8, 4) is 0 Å². The van der Waals surface area contributed by atoms with E-state index in [-0.39, 0.29) is 0 Å². The highest BCUT2D eigenvalue weighted by Gasteiger charge is 2.25. The predicted molar refractivity (Wildman–Crippen MR) is 52.8 cm³/mol. The van der Waals surface area contributed by atoms with Gasteiger partial charge in [-0.05, 0) is 43.4 Å². The SMILES string of the molecule is Cc1cnc2[nH]c(C3CC3)cc2c1. The molecule has 0 bridgehead atoms. The molecule has 2 aromatic rings. The summed E-state index contributed by atoms with van der Waals surface area (Å²) in [6, 6.07) is 4.43. The third kappa shape index (κ3) is 1.13. The summed E-state index contributed by atoms with van der Waals surface area (Å²) in [5, 5.41) is 1.25. The molecule has 2 heteroatoms. The molecular weight excluding hydrogens is 160 g/mol. The summed E-state index contributed by atoms with van der Waals surface area (Å²) in [5.74, 6) is 0.787. The van der Waals surface area contributed by atoms with Gasteiger partial charge in [-0.2, -0.15) is 0 Å². The number of aromatic nitrogens is 2. The number of aryl methyl sites for hydroxylation is 1. The molecule has 0 aromatic carbocycles. The number of rotatable bonds is 1. The van der Waals surface area contributed by atoms with Gasteiger partial charge in [-0.15, -0.1) is 0 Å². The first-order valence-electron chi connectivity index (χ1n) is 4.78. The summed E-state index contributed by atoms with van der Waals surface area (Å²) in [4.78, 5) is 7.73. The standard InChI is InChI=1S/C11H12N2/c1-7-4-9-5-10(8-2-3-8)13-11(9)12-6-7/h4-6,8H,2-3H2,1H3,(H,12,13). The molecule has 0 radical (unpaired) electrons. The Morgan fingerprint density at radius 2 is 2.23 bits per heavy atom. The minimum absolute atomic E-state index is 0.787. The summed E-state index contributed by atoms with van der Waals surface area (Å²) >= 11 is 0. The van der Waals surface area contributed by atoms with Crippen LogP contribution in [0.2, 0.25) is 0 Å². The molecule has 3 rings (SSSR count). The first-order chi connectivity index (χ1) is 6.33. The zero-order valence-electron chi connectivity index (χ0n) is 7.67. The van der Waals surface area contributed by atoms with Crippen LogP contribution in [-0.2, 0) is 0 Å². The number of fused-ring (bicyclic) bond motifs is 1. The fourth-order valence-corrected chi connectivity index (χ4v) is 1.76. The molecule has 66 valence electrons. The van der Waals surface area contributed by atoms with Gasteiger partial charge in [0.2, 0.25) is 0 Å². The van der Waals surface area contributed by atoms with E-state index in [1.807, 2.05) is 6.20 Å². The average molecular weight is 172 g/mol. The van der Waals surface area contributed by atoms with Gasteiger partial charge in [0.25, 0.3) is 0 Å². The zero-order chi connectivity index (χ0) is 8.84. The molecular formula is C11H12N2. The van der Waals surface area contributed by atoms with Gasteiger partial charge in [-0.25, -0.2) is 4.98 Å². The topological polar surface area (TPSA) is 28.7 Å². The lowest BCUT2D eigenvalue weighted by Gasteiger charge is -1.89. The second-order valence-corrected chi connectivity index (χ2v) is 3.95. The molecule has 1 N–H and O–H groups in total. The Labute approximate surface area is 77.0 Å². The van der Waals surface area contributed by atoms with Crippen molar-refractivity contribution in [2.75, 3.05) is 0 Å². The van der Waals surface area contributed by atoms with Crippen molar-refractivity contribution in [1.82, 2.24) is 9.97 Å². The predicted octanol–water partition coefficient (Wildman–Crippen LogP) is 2.75. The lowest BCUT2D eigenvalue weighted by molar-refractivity contribution is 1.05. The molecule has 0 saturated heterocycles. The molecule has 0 aliphatic heterocycles. The summed E-state index contributed by atoms with van der Waals surface area (Å²) in [6.45, 7) is 2.08. The lowest BCUT2D eigenvalue weighted by Crippen LogP contribution is -1.79. The number of nitrogens with one attached hydrogen (secondary N) is 1. The largest absolute Gasteiger partial charge is 0.343 e. The summed E-state index contributed by atoms with van der Waals surface area (Å²) in [5.41, 5.74) is 3.63. The maximum absolute atomic E-state index is 4.36. The monoisotopic (exact) mass is 172 g/mol. The van der Waals surface area contributed by atoms with E-state index in [0.29, 0.717) is 0 Å². The van der Waals surface area contributed by atoms with Crippen LogP contribution in [0.25, 0.3) is 11.0 Å². The highest BCUT2D eigenvalue weighted by atomic mass is 14.9. The molecule has 0 unspecified atom stereocenters. The number of aromatic amines is 1. The van der Waals surface area contributed by atoms with E-state index in [1.165, 1.54) is 29.5 Å². The van der Waals surface area contributed by atoms with Crippen LogP contribution >= 0.6 is 0 Å². The summed E-state index contributed by atoms with van der Waals surface area (Å²) < 4.78 is 0. The van der Waals surface area contributed by atoms with Gasteiger partial charge in [-0.1, -0.05) is 0 Å². The van der Waals surface area contributed by atoms with Crippen LogP contribution in [0.15, 0.2) is 18.3 Å². The van der Waals surface area contributed by atoms with Gasteiger partial charge in [0.05, 0.1) is 0 Å². The maximum Gasteiger partial charge on any atom is 0.137 e. The van der Waals surface area contributed by atoms with E-state index < -0.39 is 0 Å². The van der Waals surface area contributed by atoms with Gasteiger partial charge in [0.1, 0.15) is 5.65 Å². The minimum Gasteiger partial charge on any atom is -0.343 e. The lowest BCUT2D eigenvalue weighted by atomic mass is 10.2. The van der Waals surface area contributed by atoms with Crippen molar-refractivity contribution in [1.29, 1.82) is 0 Å².